The van der Waals surface area contributed by atoms with Crippen LogP contribution in [0.3, 0.4) is 0 Å². The Morgan fingerprint density at radius 3 is 2.75 bits per heavy atom. The number of allylic oxidation sites excluding steroid dienone is 4. The van der Waals surface area contributed by atoms with Crippen LogP contribution in [0.5, 0.6) is 0 Å². The van der Waals surface area contributed by atoms with Crippen LogP contribution < -0.4 is 5.32 Å². The summed E-state index contributed by atoms with van der Waals surface area (Å²) >= 11 is 1.43. The molecule has 2 aliphatic heterocycles. The Morgan fingerprint density at radius 1 is 1.11 bits per heavy atom. The molecule has 0 radical (unpaired) electrons. The van der Waals surface area contributed by atoms with Crippen LogP contribution in [0.15, 0.2) is 57.6 Å². The number of halogens is 1. The molecule has 1 aromatic carbocycles. The van der Waals surface area contributed by atoms with Crippen LogP contribution in [0.25, 0.3) is 10.4 Å². The van der Waals surface area contributed by atoms with Crippen molar-refractivity contribution in [1.82, 2.24) is 5.32 Å². The molecule has 1 aliphatic carbocycles. The highest BCUT2D eigenvalue weighted by Crippen LogP contribution is 2.48. The summed E-state index contributed by atoms with van der Waals surface area (Å²) in [4.78, 5) is 13.9. The molecule has 7 heteroatoms. The molecule has 28 heavy (non-hydrogen) atoms. The van der Waals surface area contributed by atoms with E-state index in [9.17, 15) is 17.6 Å². The van der Waals surface area contributed by atoms with Crippen molar-refractivity contribution in [3.8, 4) is 10.4 Å². The van der Waals surface area contributed by atoms with Crippen molar-refractivity contribution in [2.45, 2.75) is 31.6 Å². The average molecular weight is 416 g/mol. The fourth-order valence-electron chi connectivity index (χ4n) is 4.44. The van der Waals surface area contributed by atoms with Crippen LogP contribution >= 0.6 is 11.3 Å². The van der Waals surface area contributed by atoms with Gasteiger partial charge in [0, 0.05) is 40.2 Å². The maximum atomic E-state index is 14.5. The van der Waals surface area contributed by atoms with Gasteiger partial charge in [-0.3, -0.25) is 4.79 Å². The van der Waals surface area contributed by atoms with E-state index in [0.29, 0.717) is 40.1 Å². The summed E-state index contributed by atoms with van der Waals surface area (Å²) in [6.07, 6.45) is 2.33. The fraction of sp³-hybridized carbons (Fsp3) is 0.286. The summed E-state index contributed by atoms with van der Waals surface area (Å²) in [7, 11) is -3.46. The van der Waals surface area contributed by atoms with Crippen LogP contribution in [0.4, 0.5) is 4.39 Å². The molecule has 5 rings (SSSR count). The lowest BCUT2D eigenvalue weighted by Crippen LogP contribution is -2.32. The number of nitrogens with one attached hydrogen (secondary N) is 1. The largest absolute Gasteiger partial charge is 0.361 e. The molecule has 144 valence electrons. The van der Waals surface area contributed by atoms with Crippen molar-refractivity contribution in [2.75, 3.05) is 5.75 Å². The second kappa shape index (κ2) is 6.39. The first-order chi connectivity index (χ1) is 13.5. The van der Waals surface area contributed by atoms with Gasteiger partial charge in [-0.1, -0.05) is 12.1 Å². The van der Waals surface area contributed by atoms with Crippen molar-refractivity contribution in [3.05, 3.63) is 69.0 Å². The normalized spacial score (nSPS) is 23.5. The number of Topliss-reactive ketones (excluding diaryl/α,β-unsaturated/α-hetero) is 1. The van der Waals surface area contributed by atoms with Crippen molar-refractivity contribution in [1.29, 1.82) is 0 Å². The predicted molar refractivity (Wildman–Crippen MR) is 107 cm³/mol. The summed E-state index contributed by atoms with van der Waals surface area (Å²) in [5, 5.41) is 5.12. The van der Waals surface area contributed by atoms with E-state index >= 15 is 0 Å². The Hall–Kier alpha value is -2.25. The average Bonchev–Trinajstić information content (AvgIpc) is 3.30. The smallest absolute Gasteiger partial charge is 0.177 e. The van der Waals surface area contributed by atoms with Crippen LogP contribution in [0, 0.1) is 5.82 Å². The summed E-state index contributed by atoms with van der Waals surface area (Å²) in [5.74, 6) is -0.970. The Kier molecular flexibility index (Phi) is 4.07. The standard InChI is InChI=1S/C21H18FNO3S2/c22-14-7-6-12(11-13(14)18-5-2-9-27-18)19-20-15(3-1-4-17(20)24)23-16-8-10-28(25,26)21(16)19/h2,5-7,9,11,19,23H,1,3-4,8,10H2/t19-/m0/s1. The summed E-state index contributed by atoms with van der Waals surface area (Å²) in [5.41, 5.74) is 3.17. The third-order valence-corrected chi connectivity index (χ3v) is 8.47. The van der Waals surface area contributed by atoms with Crippen LogP contribution in [-0.4, -0.2) is 20.0 Å². The number of carbonyl (C=O) groups excluding carboxylic acids is 1. The highest BCUT2D eigenvalue weighted by molar-refractivity contribution is 7.95. The Morgan fingerprint density at radius 2 is 1.96 bits per heavy atom. The second-order valence-corrected chi connectivity index (χ2v) is 10.4. The number of hydrogen-bond acceptors (Lipinski definition) is 5. The van der Waals surface area contributed by atoms with E-state index in [2.05, 4.69) is 5.32 Å². The van der Waals surface area contributed by atoms with Gasteiger partial charge in [-0.2, -0.15) is 0 Å². The number of rotatable bonds is 2. The number of hydrogen-bond donors (Lipinski definition) is 1. The molecule has 0 spiro atoms. The molecule has 3 heterocycles. The Bertz CT molecular complexity index is 1160. The van der Waals surface area contributed by atoms with Crippen molar-refractivity contribution in [3.63, 3.8) is 0 Å². The number of sulfone groups is 1. The zero-order valence-corrected chi connectivity index (χ0v) is 16.6. The Balaban J connectivity index is 1.73. The molecule has 1 aromatic heterocycles. The van der Waals surface area contributed by atoms with E-state index in [0.717, 1.165) is 23.4 Å². The first kappa shape index (κ1) is 17.8. The minimum atomic E-state index is -3.46. The molecule has 2 aromatic rings. The zero-order chi connectivity index (χ0) is 19.5. The van der Waals surface area contributed by atoms with E-state index < -0.39 is 15.8 Å². The number of thiophene rings is 1. The van der Waals surface area contributed by atoms with Gasteiger partial charge in [0.15, 0.2) is 15.6 Å². The van der Waals surface area contributed by atoms with Crippen LogP contribution in [0.1, 0.15) is 37.2 Å². The molecule has 0 saturated carbocycles. The Labute approximate surface area is 166 Å². The lowest BCUT2D eigenvalue weighted by Gasteiger charge is -2.33. The first-order valence-corrected chi connectivity index (χ1v) is 11.8. The first-order valence-electron chi connectivity index (χ1n) is 9.28. The lowest BCUT2D eigenvalue weighted by molar-refractivity contribution is -0.116. The van der Waals surface area contributed by atoms with Gasteiger partial charge in [0.05, 0.1) is 16.6 Å². The molecule has 4 nitrogen and oxygen atoms in total. The molecule has 0 fully saturated rings. The minimum absolute atomic E-state index is 0.0191. The quantitative estimate of drug-likeness (QED) is 0.795. The van der Waals surface area contributed by atoms with Crippen molar-refractivity contribution < 1.29 is 17.6 Å². The lowest BCUT2D eigenvalue weighted by atomic mass is 9.79. The topological polar surface area (TPSA) is 63.2 Å². The fourth-order valence-corrected chi connectivity index (χ4v) is 7.02. The van der Waals surface area contributed by atoms with Gasteiger partial charge in [0.2, 0.25) is 0 Å². The highest BCUT2D eigenvalue weighted by atomic mass is 32.2. The molecule has 0 unspecified atom stereocenters. The molecule has 0 bridgehead atoms. The van der Waals surface area contributed by atoms with Gasteiger partial charge in [-0.05, 0) is 42.0 Å². The summed E-state index contributed by atoms with van der Waals surface area (Å²) in [6, 6.07) is 8.39. The molecule has 1 N–H and O–H groups in total. The van der Waals surface area contributed by atoms with Crippen molar-refractivity contribution >= 4 is 27.0 Å². The third-order valence-electron chi connectivity index (χ3n) is 5.67. The van der Waals surface area contributed by atoms with E-state index in [1.165, 1.54) is 17.4 Å². The van der Waals surface area contributed by atoms with E-state index in [1.54, 1.807) is 12.1 Å². The number of benzene rings is 1. The molecular formula is C21H18FNO3S2. The molecule has 0 saturated heterocycles. The maximum Gasteiger partial charge on any atom is 0.177 e. The van der Waals surface area contributed by atoms with Gasteiger partial charge >= 0.3 is 0 Å². The monoisotopic (exact) mass is 415 g/mol. The molecule has 0 amide bonds. The molecular weight excluding hydrogens is 397 g/mol. The van der Waals surface area contributed by atoms with Crippen LogP contribution in [0.2, 0.25) is 0 Å². The van der Waals surface area contributed by atoms with Gasteiger partial charge in [-0.25, -0.2) is 12.8 Å². The maximum absolute atomic E-state index is 14.5. The third kappa shape index (κ3) is 2.68. The molecule has 1 atom stereocenters. The summed E-state index contributed by atoms with van der Waals surface area (Å²) in [6.45, 7) is 0. The minimum Gasteiger partial charge on any atom is -0.361 e. The number of carbonyl (C=O) groups is 1. The van der Waals surface area contributed by atoms with Gasteiger partial charge in [-0.15, -0.1) is 11.3 Å². The summed E-state index contributed by atoms with van der Waals surface area (Å²) < 4.78 is 40.2. The number of ketones is 1. The van der Waals surface area contributed by atoms with Crippen molar-refractivity contribution in [2.24, 2.45) is 0 Å². The van der Waals surface area contributed by atoms with E-state index in [1.807, 2.05) is 17.5 Å². The van der Waals surface area contributed by atoms with Gasteiger partial charge in [0.1, 0.15) is 5.82 Å². The number of dihydropyridines is 1. The van der Waals surface area contributed by atoms with Crippen LogP contribution in [-0.2, 0) is 14.6 Å². The zero-order valence-electron chi connectivity index (χ0n) is 15.0. The SMILES string of the molecule is O=C1CCCC2=C1[C@H](c1ccc(F)c(-c3cccs3)c1)C1=C(CCS1(=O)=O)N2. The van der Waals surface area contributed by atoms with Gasteiger partial charge in [0.25, 0.3) is 0 Å². The predicted octanol–water partition coefficient (Wildman–Crippen LogP) is 4.28. The van der Waals surface area contributed by atoms with E-state index in [-0.39, 0.29) is 17.4 Å². The van der Waals surface area contributed by atoms with E-state index in [4.69, 9.17) is 0 Å². The van der Waals surface area contributed by atoms with Gasteiger partial charge < -0.3 is 5.32 Å². The molecule has 3 aliphatic rings. The second-order valence-electron chi connectivity index (χ2n) is 7.36. The highest BCUT2D eigenvalue weighted by Gasteiger charge is 2.44.